The van der Waals surface area contributed by atoms with Crippen LogP contribution in [0.15, 0.2) is 57.6 Å². The number of anilines is 1. The summed E-state index contributed by atoms with van der Waals surface area (Å²) in [6.45, 7) is 2.62. The number of hydrogen-bond donors (Lipinski definition) is 1. The maximum absolute atomic E-state index is 12.8. The summed E-state index contributed by atoms with van der Waals surface area (Å²) in [6, 6.07) is 13.4. The quantitative estimate of drug-likeness (QED) is 0.493. The molecule has 0 bridgehead atoms. The van der Waals surface area contributed by atoms with Gasteiger partial charge in [-0.1, -0.05) is 18.2 Å². The highest BCUT2D eigenvalue weighted by Gasteiger charge is 2.21. The van der Waals surface area contributed by atoms with E-state index in [1.54, 1.807) is 18.4 Å². The number of fused-ring (bicyclic) bond motifs is 3. The Hall–Kier alpha value is -2.83. The van der Waals surface area contributed by atoms with E-state index in [0.29, 0.717) is 11.4 Å². The molecule has 1 amide bonds. The monoisotopic (exact) mass is 394 g/mol. The summed E-state index contributed by atoms with van der Waals surface area (Å²) < 4.78 is 11.5. The first kappa shape index (κ1) is 18.5. The smallest absolute Gasteiger partial charge is 0.241 e. The summed E-state index contributed by atoms with van der Waals surface area (Å²) in [5.74, 6) is 0.520. The number of amides is 1. The van der Waals surface area contributed by atoms with E-state index in [1.165, 1.54) is 5.56 Å². The predicted octanol–water partition coefficient (Wildman–Crippen LogP) is 5.12. The fourth-order valence-corrected chi connectivity index (χ4v) is 3.92. The highest BCUT2D eigenvalue weighted by Crippen LogP contribution is 2.36. The van der Waals surface area contributed by atoms with Crippen LogP contribution in [0, 0.1) is 0 Å². The molecule has 0 spiro atoms. The van der Waals surface area contributed by atoms with Crippen molar-refractivity contribution in [3.8, 4) is 5.75 Å². The van der Waals surface area contributed by atoms with Crippen molar-refractivity contribution in [2.75, 3.05) is 19.5 Å². The maximum atomic E-state index is 12.8. The van der Waals surface area contributed by atoms with Crippen LogP contribution in [0.1, 0.15) is 12.5 Å². The summed E-state index contributed by atoms with van der Waals surface area (Å²) in [6.07, 6.45) is 0. The lowest BCUT2D eigenvalue weighted by atomic mass is 10.1. The van der Waals surface area contributed by atoms with Crippen molar-refractivity contribution >= 4 is 44.9 Å². The van der Waals surface area contributed by atoms with E-state index < -0.39 is 0 Å². The molecule has 5 nitrogen and oxygen atoms in total. The normalized spacial score (nSPS) is 12.6. The van der Waals surface area contributed by atoms with Crippen molar-refractivity contribution in [2.24, 2.45) is 0 Å². The zero-order valence-electron chi connectivity index (χ0n) is 16.1. The number of carbonyl (C=O) groups excluding carboxylic acids is 1. The SMILES string of the molecule is COc1cc2c(cc1NC(=O)[C@H](C)N(C)Cc1ccsc1)oc1ccccc12. The molecule has 2 aromatic carbocycles. The molecule has 0 aliphatic carbocycles. The minimum absolute atomic E-state index is 0.0912. The molecule has 1 N–H and O–H groups in total. The first-order valence-electron chi connectivity index (χ1n) is 9.08. The molecule has 0 radical (unpaired) electrons. The molecule has 4 rings (SSSR count). The van der Waals surface area contributed by atoms with Gasteiger partial charge in [0, 0.05) is 23.4 Å². The largest absolute Gasteiger partial charge is 0.495 e. The van der Waals surface area contributed by atoms with Gasteiger partial charge in [-0.25, -0.2) is 0 Å². The Kier molecular flexibility index (Phi) is 5.07. The second-order valence-corrected chi connectivity index (χ2v) is 7.64. The summed E-state index contributed by atoms with van der Waals surface area (Å²) in [5, 5.41) is 9.13. The van der Waals surface area contributed by atoms with Gasteiger partial charge in [-0.05, 0) is 48.5 Å². The van der Waals surface area contributed by atoms with Gasteiger partial charge in [0.2, 0.25) is 5.91 Å². The summed E-state index contributed by atoms with van der Waals surface area (Å²) in [7, 11) is 3.55. The van der Waals surface area contributed by atoms with Gasteiger partial charge in [-0.2, -0.15) is 11.3 Å². The van der Waals surface area contributed by atoms with E-state index in [9.17, 15) is 4.79 Å². The number of methoxy groups -OCH3 is 1. The molecule has 0 unspecified atom stereocenters. The number of likely N-dealkylation sites (N-methyl/N-ethyl adjacent to an activating group) is 1. The average Bonchev–Trinajstić information content (AvgIpc) is 3.33. The number of furan rings is 1. The minimum atomic E-state index is -0.295. The Morgan fingerprint density at radius 3 is 2.79 bits per heavy atom. The van der Waals surface area contributed by atoms with Crippen LogP contribution in [-0.2, 0) is 11.3 Å². The Morgan fingerprint density at radius 2 is 2.04 bits per heavy atom. The zero-order valence-corrected chi connectivity index (χ0v) is 16.9. The molecule has 28 heavy (non-hydrogen) atoms. The van der Waals surface area contributed by atoms with Crippen LogP contribution in [-0.4, -0.2) is 31.0 Å². The molecular formula is C22H22N2O3S. The fourth-order valence-electron chi connectivity index (χ4n) is 3.26. The van der Waals surface area contributed by atoms with Crippen LogP contribution >= 0.6 is 11.3 Å². The van der Waals surface area contributed by atoms with Crippen molar-refractivity contribution in [2.45, 2.75) is 19.5 Å². The highest BCUT2D eigenvalue weighted by atomic mass is 32.1. The Bertz CT molecular complexity index is 1120. The minimum Gasteiger partial charge on any atom is -0.495 e. The lowest BCUT2D eigenvalue weighted by Gasteiger charge is -2.23. The number of thiophene rings is 1. The number of hydrogen-bond acceptors (Lipinski definition) is 5. The Morgan fingerprint density at radius 1 is 1.21 bits per heavy atom. The molecule has 0 saturated carbocycles. The van der Waals surface area contributed by atoms with Crippen molar-refractivity contribution in [3.63, 3.8) is 0 Å². The number of carbonyl (C=O) groups is 1. The molecule has 0 aliphatic heterocycles. The number of para-hydroxylation sites is 1. The molecule has 144 valence electrons. The standard InChI is InChI=1S/C22H22N2O3S/c1-14(24(2)12-15-8-9-28-13-15)22(25)23-18-11-20-17(10-21(18)26-3)16-6-4-5-7-19(16)27-20/h4-11,13-14H,12H2,1-3H3,(H,23,25)/t14-/m0/s1. The second kappa shape index (κ2) is 7.66. The molecule has 4 aromatic rings. The molecule has 2 aromatic heterocycles. The van der Waals surface area contributed by atoms with Crippen LogP contribution in [0.4, 0.5) is 5.69 Å². The van der Waals surface area contributed by atoms with Crippen LogP contribution in [0.5, 0.6) is 5.75 Å². The van der Waals surface area contributed by atoms with Crippen molar-refractivity contribution in [3.05, 3.63) is 58.8 Å². The number of ether oxygens (including phenoxy) is 1. The zero-order chi connectivity index (χ0) is 19.7. The summed E-state index contributed by atoms with van der Waals surface area (Å²) >= 11 is 1.66. The number of nitrogens with one attached hydrogen (secondary N) is 1. The number of benzene rings is 2. The molecule has 6 heteroatoms. The van der Waals surface area contributed by atoms with E-state index in [-0.39, 0.29) is 11.9 Å². The molecule has 1 atom stereocenters. The van der Waals surface area contributed by atoms with Crippen molar-refractivity contribution in [1.29, 1.82) is 0 Å². The Balaban J connectivity index is 1.59. The third kappa shape index (κ3) is 3.48. The first-order valence-corrected chi connectivity index (χ1v) is 10.0. The van der Waals surface area contributed by atoms with Gasteiger partial charge in [0.1, 0.15) is 16.9 Å². The fraction of sp³-hybridized carbons (Fsp3) is 0.227. The predicted molar refractivity (Wildman–Crippen MR) is 114 cm³/mol. The van der Waals surface area contributed by atoms with E-state index in [2.05, 4.69) is 16.8 Å². The van der Waals surface area contributed by atoms with Crippen LogP contribution in [0.25, 0.3) is 21.9 Å². The number of rotatable bonds is 6. The Labute approximate surface area is 167 Å². The van der Waals surface area contributed by atoms with Gasteiger partial charge in [0.25, 0.3) is 0 Å². The van der Waals surface area contributed by atoms with E-state index in [4.69, 9.17) is 9.15 Å². The molecule has 2 heterocycles. The lowest BCUT2D eigenvalue weighted by molar-refractivity contribution is -0.120. The third-order valence-electron chi connectivity index (χ3n) is 5.01. The van der Waals surface area contributed by atoms with E-state index >= 15 is 0 Å². The van der Waals surface area contributed by atoms with Crippen LogP contribution in [0.3, 0.4) is 0 Å². The van der Waals surface area contributed by atoms with Gasteiger partial charge >= 0.3 is 0 Å². The highest BCUT2D eigenvalue weighted by molar-refractivity contribution is 7.07. The van der Waals surface area contributed by atoms with Gasteiger partial charge in [0.05, 0.1) is 18.8 Å². The molecule has 0 aliphatic rings. The molecule has 0 saturated heterocycles. The molecular weight excluding hydrogens is 372 g/mol. The number of nitrogens with zero attached hydrogens (tertiary/aromatic N) is 1. The van der Waals surface area contributed by atoms with E-state index in [0.717, 1.165) is 28.5 Å². The van der Waals surface area contributed by atoms with E-state index in [1.807, 2.05) is 60.6 Å². The van der Waals surface area contributed by atoms with Gasteiger partial charge in [-0.15, -0.1) is 0 Å². The van der Waals surface area contributed by atoms with Crippen molar-refractivity contribution in [1.82, 2.24) is 4.90 Å². The van der Waals surface area contributed by atoms with Gasteiger partial charge in [0.15, 0.2) is 0 Å². The third-order valence-corrected chi connectivity index (χ3v) is 5.74. The maximum Gasteiger partial charge on any atom is 0.241 e. The first-order chi connectivity index (χ1) is 13.6. The average molecular weight is 394 g/mol. The molecule has 0 fully saturated rings. The van der Waals surface area contributed by atoms with Crippen LogP contribution < -0.4 is 10.1 Å². The van der Waals surface area contributed by atoms with Crippen molar-refractivity contribution < 1.29 is 13.9 Å². The van der Waals surface area contributed by atoms with Gasteiger partial charge in [-0.3, -0.25) is 9.69 Å². The van der Waals surface area contributed by atoms with Crippen LogP contribution in [0.2, 0.25) is 0 Å². The van der Waals surface area contributed by atoms with Gasteiger partial charge < -0.3 is 14.5 Å². The topological polar surface area (TPSA) is 54.7 Å². The summed E-state index contributed by atoms with van der Waals surface area (Å²) in [5.41, 5.74) is 3.34. The summed E-state index contributed by atoms with van der Waals surface area (Å²) in [4.78, 5) is 14.8. The second-order valence-electron chi connectivity index (χ2n) is 6.86. The lowest BCUT2D eigenvalue weighted by Crippen LogP contribution is -2.39.